The molecule has 0 aliphatic heterocycles. The number of rotatable bonds is 10. The number of carboxylic acid groups (broad SMARTS) is 1. The van der Waals surface area contributed by atoms with Gasteiger partial charge in [0.15, 0.2) is 17.1 Å². The number of oxazole rings is 1. The highest BCUT2D eigenvalue weighted by Crippen LogP contribution is 2.33. The quantitative estimate of drug-likeness (QED) is 0.563. The zero-order valence-corrected chi connectivity index (χ0v) is 19.5. The molecule has 8 heteroatoms. The largest absolute Gasteiger partial charge is 0.493 e. The number of aryl methyl sites for hydroxylation is 1. The summed E-state index contributed by atoms with van der Waals surface area (Å²) in [5.41, 5.74) is 0.389. The number of aromatic nitrogens is 1. The number of carboxylic acids is 1. The summed E-state index contributed by atoms with van der Waals surface area (Å²) in [6, 6.07) is 5.53. The lowest BCUT2D eigenvalue weighted by molar-refractivity contribution is -0.163. The molecule has 1 heterocycles. The zero-order chi connectivity index (χ0) is 23.3. The van der Waals surface area contributed by atoms with E-state index in [1.807, 2.05) is 25.1 Å². The number of hydrogen-bond acceptors (Lipinski definition) is 7. The van der Waals surface area contributed by atoms with E-state index < -0.39 is 11.6 Å². The molecule has 1 N–H and O–H groups in total. The van der Waals surface area contributed by atoms with Crippen LogP contribution in [0.2, 0.25) is 0 Å². The van der Waals surface area contributed by atoms with E-state index in [1.165, 1.54) is 0 Å². The second-order valence-electron chi connectivity index (χ2n) is 8.68. The Hall–Kier alpha value is -2.58. The molecule has 0 saturated heterocycles. The van der Waals surface area contributed by atoms with E-state index in [1.54, 1.807) is 28.1 Å². The fraction of sp³-hybridized carbons (Fsp3) is 0.583. The Balaban J connectivity index is 1.58. The highest BCUT2D eigenvalue weighted by molar-refractivity contribution is 5.76. The molecule has 3 rings (SSSR count). The molecule has 1 unspecified atom stereocenters. The maximum absolute atomic E-state index is 11.2. The van der Waals surface area contributed by atoms with E-state index in [2.05, 4.69) is 4.98 Å². The third-order valence-electron chi connectivity index (χ3n) is 5.91. The maximum Gasteiger partial charge on any atom is 0.335 e. The van der Waals surface area contributed by atoms with E-state index in [0.29, 0.717) is 36.4 Å². The lowest BCUT2D eigenvalue weighted by atomic mass is 9.87. The summed E-state index contributed by atoms with van der Waals surface area (Å²) >= 11 is 0. The number of hydrogen-bond donors (Lipinski definition) is 1. The SMILES string of the molecule is COc1ccc(-c2nc(CO[C@H]3CCCC(COC(C)(C)C(=O)O)C3)c(C)o2)cc1OC. The molecule has 1 aromatic heterocycles. The number of aliphatic carboxylic acids is 1. The Labute approximate surface area is 188 Å². The van der Waals surface area contributed by atoms with Gasteiger partial charge in [-0.15, -0.1) is 0 Å². The smallest absolute Gasteiger partial charge is 0.335 e. The van der Waals surface area contributed by atoms with Crippen molar-refractivity contribution in [3.05, 3.63) is 29.7 Å². The van der Waals surface area contributed by atoms with Crippen molar-refractivity contribution in [1.82, 2.24) is 4.98 Å². The molecule has 176 valence electrons. The Morgan fingerprint density at radius 3 is 2.66 bits per heavy atom. The average Bonchev–Trinajstić information content (AvgIpc) is 3.16. The Bertz CT molecular complexity index is 921. The molecule has 32 heavy (non-hydrogen) atoms. The van der Waals surface area contributed by atoms with Crippen molar-refractivity contribution in [1.29, 1.82) is 0 Å². The Morgan fingerprint density at radius 2 is 1.97 bits per heavy atom. The molecule has 8 nitrogen and oxygen atoms in total. The van der Waals surface area contributed by atoms with Gasteiger partial charge in [-0.05, 0) is 64.2 Å². The van der Waals surface area contributed by atoms with Crippen molar-refractivity contribution < 1.29 is 33.3 Å². The van der Waals surface area contributed by atoms with E-state index in [0.717, 1.165) is 36.9 Å². The molecule has 1 aliphatic carbocycles. The topological polar surface area (TPSA) is 100 Å². The van der Waals surface area contributed by atoms with Crippen LogP contribution in [0.5, 0.6) is 11.5 Å². The monoisotopic (exact) mass is 447 g/mol. The normalized spacial score (nSPS) is 19.0. The van der Waals surface area contributed by atoms with Crippen LogP contribution < -0.4 is 9.47 Å². The number of benzene rings is 1. The van der Waals surface area contributed by atoms with E-state index in [9.17, 15) is 9.90 Å². The summed E-state index contributed by atoms with van der Waals surface area (Å²) in [6.45, 7) is 5.82. The summed E-state index contributed by atoms with van der Waals surface area (Å²) in [7, 11) is 3.18. The summed E-state index contributed by atoms with van der Waals surface area (Å²) in [4.78, 5) is 15.9. The minimum absolute atomic E-state index is 0.0888. The fourth-order valence-electron chi connectivity index (χ4n) is 3.78. The van der Waals surface area contributed by atoms with Crippen LogP contribution in [0.25, 0.3) is 11.5 Å². The number of carbonyl (C=O) groups is 1. The lowest BCUT2D eigenvalue weighted by Gasteiger charge is -2.31. The average molecular weight is 448 g/mol. The van der Waals surface area contributed by atoms with Gasteiger partial charge in [0.25, 0.3) is 0 Å². The molecule has 0 spiro atoms. The van der Waals surface area contributed by atoms with Gasteiger partial charge in [0.2, 0.25) is 5.89 Å². The molecule has 1 fully saturated rings. The van der Waals surface area contributed by atoms with Crippen LogP contribution in [0.1, 0.15) is 51.0 Å². The van der Waals surface area contributed by atoms with Crippen molar-refractivity contribution in [3.8, 4) is 23.0 Å². The lowest BCUT2D eigenvalue weighted by Crippen LogP contribution is -2.37. The molecular formula is C24H33NO7. The third-order valence-corrected chi connectivity index (χ3v) is 5.91. The first-order valence-corrected chi connectivity index (χ1v) is 10.9. The summed E-state index contributed by atoms with van der Waals surface area (Å²) in [5, 5.41) is 9.22. The molecule has 2 atom stereocenters. The first-order valence-electron chi connectivity index (χ1n) is 10.9. The molecule has 0 bridgehead atoms. The second-order valence-corrected chi connectivity index (χ2v) is 8.68. The van der Waals surface area contributed by atoms with Gasteiger partial charge >= 0.3 is 5.97 Å². The summed E-state index contributed by atoms with van der Waals surface area (Å²) < 4.78 is 28.3. The molecule has 0 radical (unpaired) electrons. The summed E-state index contributed by atoms with van der Waals surface area (Å²) in [6.07, 6.45) is 3.95. The van der Waals surface area contributed by atoms with Gasteiger partial charge in [-0.2, -0.15) is 0 Å². The number of ether oxygens (including phenoxy) is 4. The van der Waals surface area contributed by atoms with Crippen molar-refractivity contribution in [2.24, 2.45) is 5.92 Å². The van der Waals surface area contributed by atoms with Gasteiger partial charge in [-0.1, -0.05) is 6.42 Å². The van der Waals surface area contributed by atoms with Gasteiger partial charge in [0, 0.05) is 5.56 Å². The van der Waals surface area contributed by atoms with Gasteiger partial charge in [0.05, 0.1) is 33.5 Å². The molecule has 0 amide bonds. The maximum atomic E-state index is 11.2. The van der Waals surface area contributed by atoms with E-state index in [4.69, 9.17) is 23.4 Å². The van der Waals surface area contributed by atoms with Crippen molar-refractivity contribution >= 4 is 5.97 Å². The third kappa shape index (κ3) is 5.81. The standard InChI is InChI=1S/C24H33NO7/c1-15-19(25-22(32-15)17-9-10-20(28-4)21(12-17)29-5)14-30-18-8-6-7-16(11-18)13-31-24(2,3)23(26)27/h9-10,12,16,18H,6-8,11,13-14H2,1-5H3,(H,26,27)/t16?,18-/m0/s1. The van der Waals surface area contributed by atoms with Crippen LogP contribution in [0.15, 0.2) is 22.6 Å². The molecule has 1 aliphatic rings. The van der Waals surface area contributed by atoms with E-state index >= 15 is 0 Å². The number of nitrogens with zero attached hydrogens (tertiary/aromatic N) is 1. The van der Waals surface area contributed by atoms with E-state index in [-0.39, 0.29) is 12.0 Å². The van der Waals surface area contributed by atoms with Gasteiger partial charge in [-0.3, -0.25) is 0 Å². The van der Waals surface area contributed by atoms with Crippen molar-refractivity contribution in [2.75, 3.05) is 20.8 Å². The Morgan fingerprint density at radius 1 is 1.22 bits per heavy atom. The first-order chi connectivity index (χ1) is 15.2. The molecule has 2 aromatic rings. The van der Waals surface area contributed by atoms with Gasteiger partial charge < -0.3 is 28.5 Å². The van der Waals surface area contributed by atoms with Crippen molar-refractivity contribution in [2.45, 2.75) is 64.8 Å². The molecule has 1 aromatic carbocycles. The summed E-state index contributed by atoms with van der Waals surface area (Å²) in [5.74, 6) is 1.81. The van der Waals surface area contributed by atoms with Crippen LogP contribution in [0.3, 0.4) is 0 Å². The number of methoxy groups -OCH3 is 2. The minimum atomic E-state index is -1.17. The van der Waals surface area contributed by atoms with Crippen LogP contribution in [0.4, 0.5) is 0 Å². The first kappa shape index (κ1) is 24.1. The van der Waals surface area contributed by atoms with Crippen LogP contribution in [0, 0.1) is 12.8 Å². The highest BCUT2D eigenvalue weighted by Gasteiger charge is 2.31. The van der Waals surface area contributed by atoms with Gasteiger partial charge in [-0.25, -0.2) is 9.78 Å². The highest BCUT2D eigenvalue weighted by atomic mass is 16.5. The predicted molar refractivity (Wildman–Crippen MR) is 118 cm³/mol. The predicted octanol–water partition coefficient (Wildman–Crippen LogP) is 4.62. The van der Waals surface area contributed by atoms with Crippen molar-refractivity contribution in [3.63, 3.8) is 0 Å². The Kier molecular flexibility index (Phi) is 7.79. The molecule has 1 saturated carbocycles. The van der Waals surface area contributed by atoms with Gasteiger partial charge in [0.1, 0.15) is 11.5 Å². The van der Waals surface area contributed by atoms with Crippen LogP contribution in [-0.4, -0.2) is 48.6 Å². The molecular weight excluding hydrogens is 414 g/mol. The minimum Gasteiger partial charge on any atom is -0.493 e. The van der Waals surface area contributed by atoms with Crippen LogP contribution in [-0.2, 0) is 20.9 Å². The fourth-order valence-corrected chi connectivity index (χ4v) is 3.78. The zero-order valence-electron chi connectivity index (χ0n) is 19.5. The van der Waals surface area contributed by atoms with Crippen LogP contribution >= 0.6 is 0 Å². The second kappa shape index (κ2) is 10.4.